The number of carbonyl (C=O) groups is 2. The lowest BCUT2D eigenvalue weighted by Gasteiger charge is -2.19. The Morgan fingerprint density at radius 1 is 1.12 bits per heavy atom. The lowest BCUT2D eigenvalue weighted by atomic mass is 10.1. The van der Waals surface area contributed by atoms with Crippen LogP contribution < -0.4 is 4.90 Å². The summed E-state index contributed by atoms with van der Waals surface area (Å²) in [5.41, 5.74) is 3.07. The van der Waals surface area contributed by atoms with Gasteiger partial charge in [-0.15, -0.1) is 0 Å². The van der Waals surface area contributed by atoms with E-state index < -0.39 is 6.04 Å². The van der Waals surface area contributed by atoms with E-state index in [0.29, 0.717) is 11.3 Å². The molecule has 0 radical (unpaired) electrons. The van der Waals surface area contributed by atoms with Crippen molar-refractivity contribution in [2.24, 2.45) is 0 Å². The fourth-order valence-corrected chi connectivity index (χ4v) is 2.83. The number of imide groups is 1. The molecule has 1 heterocycles. The van der Waals surface area contributed by atoms with Gasteiger partial charge in [-0.3, -0.25) is 14.6 Å². The van der Waals surface area contributed by atoms with Crippen molar-refractivity contribution in [3.05, 3.63) is 65.2 Å². The average molecular weight is 319 g/mol. The number of nitriles is 1. The molecule has 24 heavy (non-hydrogen) atoms. The van der Waals surface area contributed by atoms with E-state index in [-0.39, 0.29) is 18.5 Å². The highest BCUT2D eigenvalue weighted by atomic mass is 16.2. The van der Waals surface area contributed by atoms with Crippen molar-refractivity contribution in [1.82, 2.24) is 4.90 Å². The van der Waals surface area contributed by atoms with Crippen LogP contribution in [0.4, 0.5) is 10.5 Å². The number of amides is 3. The molecule has 3 amide bonds. The number of nitrogens with zero attached hydrogens (tertiary/aromatic N) is 3. The molecule has 5 nitrogen and oxygen atoms in total. The lowest BCUT2D eigenvalue weighted by molar-refractivity contribution is -0.127. The molecule has 0 bridgehead atoms. The number of hydrogen-bond donors (Lipinski definition) is 0. The highest BCUT2D eigenvalue weighted by Gasteiger charge is 2.43. The Morgan fingerprint density at radius 3 is 2.50 bits per heavy atom. The fraction of sp³-hybridized carbons (Fsp3) is 0.211. The monoisotopic (exact) mass is 319 g/mol. The van der Waals surface area contributed by atoms with Crippen LogP contribution >= 0.6 is 0 Å². The normalized spacial score (nSPS) is 17.3. The first-order chi connectivity index (χ1) is 11.5. The van der Waals surface area contributed by atoms with Gasteiger partial charge < -0.3 is 0 Å². The molecule has 0 spiro atoms. The average Bonchev–Trinajstić information content (AvgIpc) is 2.80. The summed E-state index contributed by atoms with van der Waals surface area (Å²) in [6.07, 6.45) is 0. The molecule has 120 valence electrons. The van der Waals surface area contributed by atoms with E-state index in [4.69, 9.17) is 5.26 Å². The number of hydrogen-bond acceptors (Lipinski definition) is 3. The number of aryl methyl sites for hydroxylation is 1. The van der Waals surface area contributed by atoms with Crippen molar-refractivity contribution >= 4 is 17.6 Å². The van der Waals surface area contributed by atoms with Crippen LogP contribution in [0.15, 0.2) is 48.5 Å². The van der Waals surface area contributed by atoms with Gasteiger partial charge >= 0.3 is 6.03 Å². The van der Waals surface area contributed by atoms with Gasteiger partial charge in [-0.2, -0.15) is 5.26 Å². The maximum Gasteiger partial charge on any atom is 0.332 e. The van der Waals surface area contributed by atoms with Gasteiger partial charge in [0.05, 0.1) is 18.2 Å². The van der Waals surface area contributed by atoms with Gasteiger partial charge in [-0.1, -0.05) is 29.8 Å². The van der Waals surface area contributed by atoms with Crippen LogP contribution in [0.25, 0.3) is 0 Å². The third-order valence-corrected chi connectivity index (χ3v) is 4.16. The molecule has 2 aromatic rings. The maximum absolute atomic E-state index is 12.7. The zero-order valence-electron chi connectivity index (χ0n) is 13.6. The third-order valence-electron chi connectivity index (χ3n) is 4.16. The van der Waals surface area contributed by atoms with E-state index in [1.54, 1.807) is 31.2 Å². The van der Waals surface area contributed by atoms with Crippen LogP contribution in [0.3, 0.4) is 0 Å². The topological polar surface area (TPSA) is 64.4 Å². The second-order valence-electron chi connectivity index (χ2n) is 5.90. The third kappa shape index (κ3) is 2.74. The summed E-state index contributed by atoms with van der Waals surface area (Å²) in [6.45, 7) is 3.87. The van der Waals surface area contributed by atoms with E-state index in [1.807, 2.05) is 31.2 Å². The van der Waals surface area contributed by atoms with E-state index in [2.05, 4.69) is 6.07 Å². The van der Waals surface area contributed by atoms with Crippen molar-refractivity contribution in [3.63, 3.8) is 0 Å². The van der Waals surface area contributed by atoms with Crippen LogP contribution in [0.2, 0.25) is 0 Å². The smallest absolute Gasteiger partial charge is 0.282 e. The SMILES string of the molecule is Cc1ccc(N2C(=O)N(Cc3cccc(C#N)c3)C(=O)[C@H]2C)cc1. The van der Waals surface area contributed by atoms with Crippen molar-refractivity contribution in [2.75, 3.05) is 4.90 Å². The number of rotatable bonds is 3. The summed E-state index contributed by atoms with van der Waals surface area (Å²) in [5, 5.41) is 8.98. The van der Waals surface area contributed by atoms with Gasteiger partial charge in [0.2, 0.25) is 0 Å². The zero-order valence-corrected chi connectivity index (χ0v) is 13.6. The van der Waals surface area contributed by atoms with Gasteiger partial charge in [-0.25, -0.2) is 4.79 Å². The van der Waals surface area contributed by atoms with Gasteiger partial charge in [0.1, 0.15) is 6.04 Å². The largest absolute Gasteiger partial charge is 0.332 e. The molecule has 1 aliphatic heterocycles. The molecule has 0 aliphatic carbocycles. The van der Waals surface area contributed by atoms with Crippen molar-refractivity contribution < 1.29 is 9.59 Å². The fourth-order valence-electron chi connectivity index (χ4n) is 2.83. The number of benzene rings is 2. The van der Waals surface area contributed by atoms with Gasteiger partial charge in [0, 0.05) is 5.69 Å². The van der Waals surface area contributed by atoms with Gasteiger partial charge in [0.15, 0.2) is 0 Å². The molecule has 0 aromatic heterocycles. The first-order valence-electron chi connectivity index (χ1n) is 7.71. The molecule has 3 rings (SSSR count). The zero-order chi connectivity index (χ0) is 17.3. The lowest BCUT2D eigenvalue weighted by Crippen LogP contribution is -2.33. The van der Waals surface area contributed by atoms with Crippen LogP contribution in [0, 0.1) is 18.3 Å². The van der Waals surface area contributed by atoms with Gasteiger partial charge in [0.25, 0.3) is 5.91 Å². The second kappa shape index (κ2) is 6.17. The first-order valence-corrected chi connectivity index (χ1v) is 7.71. The summed E-state index contributed by atoms with van der Waals surface area (Å²) < 4.78 is 0. The van der Waals surface area contributed by atoms with Crippen molar-refractivity contribution in [1.29, 1.82) is 5.26 Å². The van der Waals surface area contributed by atoms with Crippen molar-refractivity contribution in [2.45, 2.75) is 26.4 Å². The maximum atomic E-state index is 12.7. The Kier molecular flexibility index (Phi) is 4.05. The number of anilines is 1. The van der Waals surface area contributed by atoms with E-state index in [1.165, 1.54) is 9.80 Å². The van der Waals surface area contributed by atoms with E-state index in [9.17, 15) is 9.59 Å². The molecule has 0 saturated carbocycles. The molecule has 1 saturated heterocycles. The molecule has 0 unspecified atom stereocenters. The van der Waals surface area contributed by atoms with E-state index in [0.717, 1.165) is 11.1 Å². The molecule has 1 atom stereocenters. The minimum absolute atomic E-state index is 0.167. The molecule has 0 N–H and O–H groups in total. The van der Waals surface area contributed by atoms with E-state index >= 15 is 0 Å². The highest BCUT2D eigenvalue weighted by Crippen LogP contribution is 2.27. The highest BCUT2D eigenvalue weighted by molar-refractivity contribution is 6.13. The molecule has 2 aromatic carbocycles. The minimum Gasteiger partial charge on any atom is -0.282 e. The molecular formula is C19H17N3O2. The Hall–Kier alpha value is -3.13. The first kappa shape index (κ1) is 15.8. The molecule has 1 fully saturated rings. The predicted octanol–water partition coefficient (Wildman–Crippen LogP) is 3.22. The second-order valence-corrected chi connectivity index (χ2v) is 5.90. The predicted molar refractivity (Wildman–Crippen MR) is 90.2 cm³/mol. The molecule has 5 heteroatoms. The van der Waals surface area contributed by atoms with Crippen LogP contribution in [-0.2, 0) is 11.3 Å². The summed E-state index contributed by atoms with van der Waals surface area (Å²) in [4.78, 5) is 28.0. The van der Waals surface area contributed by atoms with Crippen molar-refractivity contribution in [3.8, 4) is 6.07 Å². The summed E-state index contributed by atoms with van der Waals surface area (Å²) in [5.74, 6) is -0.233. The number of urea groups is 1. The summed E-state index contributed by atoms with van der Waals surface area (Å²) in [7, 11) is 0. The quantitative estimate of drug-likeness (QED) is 0.816. The van der Waals surface area contributed by atoms with Gasteiger partial charge in [-0.05, 0) is 43.7 Å². The molecule has 1 aliphatic rings. The Balaban J connectivity index is 1.87. The standard InChI is InChI=1S/C19H17N3O2/c1-13-6-8-17(9-7-13)22-14(2)18(23)21(19(22)24)12-16-5-3-4-15(10-16)11-20/h3-10,14H,12H2,1-2H3/t14-/m1/s1. The Bertz CT molecular complexity index is 836. The Labute approximate surface area is 140 Å². The van der Waals surface area contributed by atoms with Crippen LogP contribution in [0.5, 0.6) is 0 Å². The Morgan fingerprint density at radius 2 is 1.83 bits per heavy atom. The summed E-state index contributed by atoms with van der Waals surface area (Å²) >= 11 is 0. The number of carbonyl (C=O) groups excluding carboxylic acids is 2. The summed E-state index contributed by atoms with van der Waals surface area (Å²) in [6, 6.07) is 15.7. The minimum atomic E-state index is -0.542. The molecular weight excluding hydrogens is 302 g/mol. The van der Waals surface area contributed by atoms with Crippen LogP contribution in [-0.4, -0.2) is 22.9 Å². The van der Waals surface area contributed by atoms with Crippen LogP contribution in [0.1, 0.15) is 23.6 Å².